The van der Waals surface area contributed by atoms with Crippen LogP contribution < -0.4 is 0 Å². The molecule has 0 amide bonds. The number of hydrogen-bond acceptors (Lipinski definition) is 0. The smallest absolute Gasteiger partial charge is 0.0234 e. The Morgan fingerprint density at radius 2 is 1.79 bits per heavy atom. The molecule has 80 valence electrons. The van der Waals surface area contributed by atoms with Crippen LogP contribution >= 0.6 is 0 Å². The second-order valence-electron chi connectivity index (χ2n) is 2.99. The Bertz CT molecular complexity index is 249. The molecule has 0 spiro atoms. The third-order valence-electron chi connectivity index (χ3n) is 2.23. The lowest BCUT2D eigenvalue weighted by Gasteiger charge is -2.03. The molecule has 0 bridgehead atoms. The van der Waals surface area contributed by atoms with E-state index in [1.54, 1.807) is 0 Å². The molecule has 0 aromatic carbocycles. The molecule has 0 unspecified atom stereocenters. The van der Waals surface area contributed by atoms with E-state index in [4.69, 9.17) is 0 Å². The van der Waals surface area contributed by atoms with E-state index >= 15 is 0 Å². The summed E-state index contributed by atoms with van der Waals surface area (Å²) in [6, 6.07) is 0. The molecule has 0 fully saturated rings. The minimum Gasteiger partial charge on any atom is -0.0985 e. The second kappa shape index (κ2) is 8.55. The van der Waals surface area contributed by atoms with Crippen LogP contribution in [-0.4, -0.2) is 0 Å². The molecule has 0 aliphatic carbocycles. The molecule has 0 rings (SSSR count). The maximum absolute atomic E-state index is 3.82. The maximum Gasteiger partial charge on any atom is -0.0234 e. The van der Waals surface area contributed by atoms with E-state index < -0.39 is 0 Å². The minimum atomic E-state index is 0. The molecule has 0 radical (unpaired) electrons. The third-order valence-corrected chi connectivity index (χ3v) is 2.23. The molecule has 0 atom stereocenters. The molecule has 0 saturated heterocycles. The Morgan fingerprint density at radius 1 is 1.21 bits per heavy atom. The van der Waals surface area contributed by atoms with E-state index in [1.807, 2.05) is 13.0 Å². The van der Waals surface area contributed by atoms with Gasteiger partial charge in [0.1, 0.15) is 0 Å². The third kappa shape index (κ3) is 4.86. The summed E-state index contributed by atoms with van der Waals surface area (Å²) in [6.45, 7) is 12.2. The van der Waals surface area contributed by atoms with E-state index in [9.17, 15) is 0 Å². The van der Waals surface area contributed by atoms with Crippen LogP contribution in [0.4, 0.5) is 0 Å². The number of hydrogen-bond donors (Lipinski definition) is 0. The lowest BCUT2D eigenvalue weighted by atomic mass is 10.0. The molecule has 0 N–H and O–H groups in total. The van der Waals surface area contributed by atoms with Crippen molar-refractivity contribution in [3.63, 3.8) is 0 Å². The average Bonchev–Trinajstić information content (AvgIpc) is 2.19. The Labute approximate surface area is 89.7 Å². The van der Waals surface area contributed by atoms with Crippen molar-refractivity contribution in [2.45, 2.75) is 41.5 Å². The molecule has 14 heavy (non-hydrogen) atoms. The fourth-order valence-corrected chi connectivity index (χ4v) is 1.09. The topological polar surface area (TPSA) is 0 Å². The van der Waals surface area contributed by atoms with Gasteiger partial charge in [0.05, 0.1) is 0 Å². The highest BCUT2D eigenvalue weighted by Gasteiger charge is 1.94. The fraction of sp³-hybridized carbons (Fsp3) is 0.429. The highest BCUT2D eigenvalue weighted by Crippen LogP contribution is 2.14. The molecule has 0 aromatic heterocycles. The summed E-state index contributed by atoms with van der Waals surface area (Å²) in [5.74, 6) is 0. The SMILES string of the molecule is C.C=CC(=C/C(=C\C)CC)/C(C)=C\C. The molecular formula is C14H24. The molecule has 0 nitrogen and oxygen atoms in total. The lowest BCUT2D eigenvalue weighted by molar-refractivity contribution is 1.13. The highest BCUT2D eigenvalue weighted by molar-refractivity contribution is 5.42. The predicted molar refractivity (Wildman–Crippen MR) is 68.5 cm³/mol. The zero-order chi connectivity index (χ0) is 10.3. The van der Waals surface area contributed by atoms with Crippen molar-refractivity contribution in [1.82, 2.24) is 0 Å². The van der Waals surface area contributed by atoms with Crippen LogP contribution in [0, 0.1) is 0 Å². The molecule has 0 saturated carbocycles. The van der Waals surface area contributed by atoms with Gasteiger partial charge in [0.15, 0.2) is 0 Å². The zero-order valence-corrected chi connectivity index (χ0v) is 9.22. The van der Waals surface area contributed by atoms with Crippen LogP contribution in [0.15, 0.2) is 47.6 Å². The molecule has 0 aliphatic rings. The van der Waals surface area contributed by atoms with Gasteiger partial charge in [0.2, 0.25) is 0 Å². The Hall–Kier alpha value is -1.04. The van der Waals surface area contributed by atoms with Crippen LogP contribution in [0.2, 0.25) is 0 Å². The van der Waals surface area contributed by atoms with Gasteiger partial charge in [0, 0.05) is 0 Å². The van der Waals surface area contributed by atoms with E-state index in [0.717, 1.165) is 6.42 Å². The van der Waals surface area contributed by atoms with Gasteiger partial charge >= 0.3 is 0 Å². The summed E-state index contributed by atoms with van der Waals surface area (Å²) >= 11 is 0. The van der Waals surface area contributed by atoms with Crippen molar-refractivity contribution in [1.29, 1.82) is 0 Å². The largest absolute Gasteiger partial charge is 0.0985 e. The highest BCUT2D eigenvalue weighted by atomic mass is 14.0. The van der Waals surface area contributed by atoms with Crippen LogP contribution in [0.5, 0.6) is 0 Å². The van der Waals surface area contributed by atoms with Gasteiger partial charge in [-0.25, -0.2) is 0 Å². The van der Waals surface area contributed by atoms with Gasteiger partial charge in [-0.3, -0.25) is 0 Å². The van der Waals surface area contributed by atoms with Gasteiger partial charge in [-0.1, -0.05) is 50.8 Å². The zero-order valence-electron chi connectivity index (χ0n) is 9.22. The Kier molecular flexibility index (Phi) is 9.43. The first-order valence-corrected chi connectivity index (χ1v) is 4.82. The molecule has 0 heteroatoms. The Morgan fingerprint density at radius 3 is 2.07 bits per heavy atom. The monoisotopic (exact) mass is 192 g/mol. The summed E-state index contributed by atoms with van der Waals surface area (Å²) < 4.78 is 0. The van der Waals surface area contributed by atoms with E-state index in [1.165, 1.54) is 16.7 Å². The standard InChI is InChI=1S/C13H20.CH4/c1-6-11(5)13(9-4)10-12(7-2)8-3;/h6-7,9-10H,4,8H2,1-3,5H3;1H4/b11-6-,12-7-,13-10-;. The molecule has 0 aromatic rings. The summed E-state index contributed by atoms with van der Waals surface area (Å²) in [6.07, 6.45) is 9.44. The fourth-order valence-electron chi connectivity index (χ4n) is 1.09. The first kappa shape index (κ1) is 15.4. The van der Waals surface area contributed by atoms with Gasteiger partial charge in [-0.15, -0.1) is 0 Å². The van der Waals surface area contributed by atoms with Gasteiger partial charge < -0.3 is 0 Å². The quantitative estimate of drug-likeness (QED) is 0.546. The van der Waals surface area contributed by atoms with Crippen molar-refractivity contribution in [3.8, 4) is 0 Å². The van der Waals surface area contributed by atoms with Crippen LogP contribution in [0.25, 0.3) is 0 Å². The second-order valence-corrected chi connectivity index (χ2v) is 2.99. The van der Waals surface area contributed by atoms with Crippen molar-refractivity contribution in [2.75, 3.05) is 0 Å². The van der Waals surface area contributed by atoms with Gasteiger partial charge in [0.25, 0.3) is 0 Å². The maximum atomic E-state index is 3.82. The van der Waals surface area contributed by atoms with E-state index in [0.29, 0.717) is 0 Å². The Balaban J connectivity index is 0. The first-order chi connectivity index (χ1) is 6.19. The van der Waals surface area contributed by atoms with Crippen molar-refractivity contribution >= 4 is 0 Å². The van der Waals surface area contributed by atoms with Gasteiger partial charge in [-0.2, -0.15) is 0 Å². The summed E-state index contributed by atoms with van der Waals surface area (Å²) in [5, 5.41) is 0. The normalized spacial score (nSPS) is 13.6. The van der Waals surface area contributed by atoms with Crippen LogP contribution in [0.3, 0.4) is 0 Å². The van der Waals surface area contributed by atoms with Crippen molar-refractivity contribution in [3.05, 3.63) is 47.6 Å². The molecule has 0 heterocycles. The average molecular weight is 192 g/mol. The number of rotatable bonds is 4. The van der Waals surface area contributed by atoms with Crippen molar-refractivity contribution in [2.24, 2.45) is 0 Å². The first-order valence-electron chi connectivity index (χ1n) is 4.82. The van der Waals surface area contributed by atoms with Gasteiger partial charge in [-0.05, 0) is 38.3 Å². The molecule has 0 aliphatic heterocycles. The summed E-state index contributed by atoms with van der Waals surface area (Å²) in [5.41, 5.74) is 3.86. The van der Waals surface area contributed by atoms with Crippen molar-refractivity contribution < 1.29 is 0 Å². The number of allylic oxidation sites excluding steroid dienone is 7. The minimum absolute atomic E-state index is 0. The van der Waals surface area contributed by atoms with Crippen LogP contribution in [-0.2, 0) is 0 Å². The lowest BCUT2D eigenvalue weighted by Crippen LogP contribution is -1.83. The summed E-state index contributed by atoms with van der Waals surface area (Å²) in [7, 11) is 0. The molecular weight excluding hydrogens is 168 g/mol. The van der Waals surface area contributed by atoms with E-state index in [-0.39, 0.29) is 7.43 Å². The van der Waals surface area contributed by atoms with Crippen LogP contribution in [0.1, 0.15) is 41.5 Å². The van der Waals surface area contributed by atoms with E-state index in [2.05, 4.69) is 45.6 Å². The predicted octanol–water partition coefficient (Wildman–Crippen LogP) is 5.06. The summed E-state index contributed by atoms with van der Waals surface area (Å²) in [4.78, 5) is 0.